The molecule has 2 heteroatoms. The van der Waals surface area contributed by atoms with Crippen LogP contribution in [0.1, 0.15) is 31.4 Å². The SMILES string of the molecule is CCCC(O)c1ccccc1N. The van der Waals surface area contributed by atoms with Crippen LogP contribution in [-0.2, 0) is 0 Å². The van der Waals surface area contributed by atoms with Crippen molar-refractivity contribution in [3.05, 3.63) is 29.8 Å². The van der Waals surface area contributed by atoms with Gasteiger partial charge in [-0.25, -0.2) is 0 Å². The van der Waals surface area contributed by atoms with Crippen molar-refractivity contribution in [2.75, 3.05) is 5.73 Å². The van der Waals surface area contributed by atoms with Crippen molar-refractivity contribution in [3.8, 4) is 0 Å². The predicted molar refractivity (Wildman–Crippen MR) is 50.7 cm³/mol. The van der Waals surface area contributed by atoms with Crippen LogP contribution in [-0.4, -0.2) is 5.11 Å². The highest BCUT2D eigenvalue weighted by atomic mass is 16.3. The van der Waals surface area contributed by atoms with E-state index in [1.807, 2.05) is 31.2 Å². The Morgan fingerprint density at radius 2 is 2.08 bits per heavy atom. The molecule has 0 saturated heterocycles. The lowest BCUT2D eigenvalue weighted by Gasteiger charge is -2.11. The van der Waals surface area contributed by atoms with Gasteiger partial charge in [-0.05, 0) is 12.5 Å². The van der Waals surface area contributed by atoms with Crippen molar-refractivity contribution in [3.63, 3.8) is 0 Å². The van der Waals surface area contributed by atoms with Crippen molar-refractivity contribution >= 4 is 5.69 Å². The van der Waals surface area contributed by atoms with Gasteiger partial charge in [-0.2, -0.15) is 0 Å². The lowest BCUT2D eigenvalue weighted by molar-refractivity contribution is 0.167. The van der Waals surface area contributed by atoms with Gasteiger partial charge in [0.05, 0.1) is 6.10 Å². The molecule has 0 heterocycles. The monoisotopic (exact) mass is 165 g/mol. The summed E-state index contributed by atoms with van der Waals surface area (Å²) >= 11 is 0. The van der Waals surface area contributed by atoms with Crippen LogP contribution in [0.15, 0.2) is 24.3 Å². The standard InChI is InChI=1S/C10H15NO/c1-2-5-10(12)8-6-3-4-7-9(8)11/h3-4,6-7,10,12H,2,5,11H2,1H3. The largest absolute Gasteiger partial charge is 0.398 e. The average molecular weight is 165 g/mol. The van der Waals surface area contributed by atoms with Crippen molar-refractivity contribution in [2.24, 2.45) is 0 Å². The summed E-state index contributed by atoms with van der Waals surface area (Å²) in [5, 5.41) is 9.62. The van der Waals surface area contributed by atoms with Crippen LogP contribution in [0.5, 0.6) is 0 Å². The first-order valence-corrected chi connectivity index (χ1v) is 4.28. The fraction of sp³-hybridized carbons (Fsp3) is 0.400. The smallest absolute Gasteiger partial charge is 0.0809 e. The highest BCUT2D eigenvalue weighted by Gasteiger charge is 2.07. The maximum atomic E-state index is 9.62. The molecule has 1 aromatic rings. The number of aliphatic hydroxyl groups is 1. The molecule has 1 aromatic carbocycles. The summed E-state index contributed by atoms with van der Waals surface area (Å²) < 4.78 is 0. The number of rotatable bonds is 3. The maximum Gasteiger partial charge on any atom is 0.0809 e. The van der Waals surface area contributed by atoms with Crippen molar-refractivity contribution in [2.45, 2.75) is 25.9 Å². The number of benzene rings is 1. The van der Waals surface area contributed by atoms with E-state index >= 15 is 0 Å². The van der Waals surface area contributed by atoms with E-state index in [-0.39, 0.29) is 0 Å². The zero-order valence-electron chi connectivity index (χ0n) is 7.33. The summed E-state index contributed by atoms with van der Waals surface area (Å²) in [6.07, 6.45) is 1.33. The van der Waals surface area contributed by atoms with E-state index < -0.39 is 6.10 Å². The number of anilines is 1. The Morgan fingerprint density at radius 1 is 1.42 bits per heavy atom. The Hall–Kier alpha value is -1.02. The van der Waals surface area contributed by atoms with E-state index in [1.54, 1.807) is 0 Å². The van der Waals surface area contributed by atoms with Crippen LogP contribution >= 0.6 is 0 Å². The first-order valence-electron chi connectivity index (χ1n) is 4.28. The highest BCUT2D eigenvalue weighted by Crippen LogP contribution is 2.23. The van der Waals surface area contributed by atoms with Crippen LogP contribution in [0.2, 0.25) is 0 Å². The molecule has 0 aliphatic rings. The van der Waals surface area contributed by atoms with Gasteiger partial charge in [0.1, 0.15) is 0 Å². The summed E-state index contributed by atoms with van der Waals surface area (Å²) in [5.41, 5.74) is 7.22. The second kappa shape index (κ2) is 4.12. The number of para-hydroxylation sites is 1. The van der Waals surface area contributed by atoms with Gasteiger partial charge in [-0.15, -0.1) is 0 Å². The van der Waals surface area contributed by atoms with Crippen LogP contribution in [0.4, 0.5) is 5.69 Å². The summed E-state index contributed by atoms with van der Waals surface area (Å²) in [6.45, 7) is 2.04. The highest BCUT2D eigenvalue weighted by molar-refractivity contribution is 5.47. The van der Waals surface area contributed by atoms with Crippen molar-refractivity contribution < 1.29 is 5.11 Å². The van der Waals surface area contributed by atoms with E-state index in [4.69, 9.17) is 5.73 Å². The molecule has 1 unspecified atom stereocenters. The second-order valence-corrected chi connectivity index (χ2v) is 2.93. The maximum absolute atomic E-state index is 9.62. The molecule has 0 aromatic heterocycles. The fourth-order valence-electron chi connectivity index (χ4n) is 1.24. The zero-order chi connectivity index (χ0) is 8.97. The van der Waals surface area contributed by atoms with Gasteiger partial charge in [-0.3, -0.25) is 0 Å². The molecule has 3 N–H and O–H groups in total. The number of hydrogen-bond donors (Lipinski definition) is 2. The van der Waals surface area contributed by atoms with Gasteiger partial charge in [0, 0.05) is 11.3 Å². The molecule has 0 radical (unpaired) electrons. The van der Waals surface area contributed by atoms with Crippen LogP contribution in [0.3, 0.4) is 0 Å². The third-order valence-electron chi connectivity index (χ3n) is 1.92. The molecule has 66 valence electrons. The van der Waals surface area contributed by atoms with E-state index in [9.17, 15) is 5.11 Å². The third kappa shape index (κ3) is 1.98. The van der Waals surface area contributed by atoms with E-state index in [2.05, 4.69) is 0 Å². The summed E-state index contributed by atoms with van der Waals surface area (Å²) in [4.78, 5) is 0. The fourth-order valence-corrected chi connectivity index (χ4v) is 1.24. The lowest BCUT2D eigenvalue weighted by Crippen LogP contribution is -2.01. The molecule has 0 bridgehead atoms. The molecular weight excluding hydrogens is 150 g/mol. The number of aliphatic hydroxyl groups excluding tert-OH is 1. The molecule has 0 fully saturated rings. The van der Waals surface area contributed by atoms with Gasteiger partial charge in [0.2, 0.25) is 0 Å². The lowest BCUT2D eigenvalue weighted by atomic mass is 10.0. The van der Waals surface area contributed by atoms with Gasteiger partial charge in [-0.1, -0.05) is 31.5 Å². The Morgan fingerprint density at radius 3 is 2.67 bits per heavy atom. The van der Waals surface area contributed by atoms with Crippen molar-refractivity contribution in [1.82, 2.24) is 0 Å². The van der Waals surface area contributed by atoms with Crippen LogP contribution in [0, 0.1) is 0 Å². The van der Waals surface area contributed by atoms with Gasteiger partial charge in [0.15, 0.2) is 0 Å². The summed E-state index contributed by atoms with van der Waals surface area (Å²) in [6, 6.07) is 7.45. The topological polar surface area (TPSA) is 46.2 Å². The molecule has 0 aliphatic heterocycles. The average Bonchev–Trinajstić information content (AvgIpc) is 2.05. The number of nitrogen functional groups attached to an aromatic ring is 1. The zero-order valence-corrected chi connectivity index (χ0v) is 7.33. The molecule has 0 spiro atoms. The summed E-state index contributed by atoms with van der Waals surface area (Å²) in [5.74, 6) is 0. The minimum atomic E-state index is -0.406. The van der Waals surface area contributed by atoms with Gasteiger partial charge in [0.25, 0.3) is 0 Å². The van der Waals surface area contributed by atoms with E-state index in [0.29, 0.717) is 5.69 Å². The molecule has 1 rings (SSSR count). The quantitative estimate of drug-likeness (QED) is 0.674. The molecule has 1 atom stereocenters. The van der Waals surface area contributed by atoms with E-state index in [0.717, 1.165) is 18.4 Å². The van der Waals surface area contributed by atoms with E-state index in [1.165, 1.54) is 0 Å². The second-order valence-electron chi connectivity index (χ2n) is 2.93. The number of nitrogens with two attached hydrogens (primary N) is 1. The molecule has 0 aliphatic carbocycles. The molecular formula is C10H15NO. The molecule has 0 amide bonds. The first kappa shape index (κ1) is 9.07. The Kier molecular flexibility index (Phi) is 3.11. The third-order valence-corrected chi connectivity index (χ3v) is 1.92. The Labute approximate surface area is 73.0 Å². The summed E-state index contributed by atoms with van der Waals surface area (Å²) in [7, 11) is 0. The number of hydrogen-bond acceptors (Lipinski definition) is 2. The Balaban J connectivity index is 2.79. The molecule has 12 heavy (non-hydrogen) atoms. The van der Waals surface area contributed by atoms with Gasteiger partial charge < -0.3 is 10.8 Å². The van der Waals surface area contributed by atoms with Crippen molar-refractivity contribution in [1.29, 1.82) is 0 Å². The minimum absolute atomic E-state index is 0.406. The molecule has 0 saturated carbocycles. The predicted octanol–water partition coefficient (Wildman–Crippen LogP) is 2.10. The van der Waals surface area contributed by atoms with Crippen LogP contribution < -0.4 is 5.73 Å². The van der Waals surface area contributed by atoms with Gasteiger partial charge >= 0.3 is 0 Å². The molecule has 2 nitrogen and oxygen atoms in total. The Bertz CT molecular complexity index is 247. The van der Waals surface area contributed by atoms with Crippen LogP contribution in [0.25, 0.3) is 0 Å². The minimum Gasteiger partial charge on any atom is -0.398 e. The first-order chi connectivity index (χ1) is 5.75. The normalized spacial score (nSPS) is 12.8.